The predicted molar refractivity (Wildman–Crippen MR) is 118 cm³/mol. The first-order valence-electron chi connectivity index (χ1n) is 11.5. The van der Waals surface area contributed by atoms with E-state index in [0.29, 0.717) is 36.5 Å². The van der Waals surface area contributed by atoms with Crippen LogP contribution in [0.4, 0.5) is 0 Å². The Labute approximate surface area is 181 Å². The fourth-order valence-electron chi connectivity index (χ4n) is 5.46. The second-order valence-electron chi connectivity index (χ2n) is 9.56. The number of sulfonamides is 1. The maximum absolute atomic E-state index is 13.0. The van der Waals surface area contributed by atoms with Gasteiger partial charge in [-0.25, -0.2) is 8.42 Å². The first kappa shape index (κ1) is 21.8. The average molecular weight is 434 g/mol. The normalized spacial score (nSPS) is 27.5. The quantitative estimate of drug-likeness (QED) is 0.732. The second kappa shape index (κ2) is 8.97. The topological polar surface area (TPSA) is 60.9 Å². The summed E-state index contributed by atoms with van der Waals surface area (Å²) in [7, 11) is -3.51. The Kier molecular flexibility index (Phi) is 6.51. The molecule has 1 saturated carbocycles. The molecule has 0 spiro atoms. The van der Waals surface area contributed by atoms with Gasteiger partial charge in [-0.1, -0.05) is 26.7 Å². The lowest BCUT2D eigenvalue weighted by molar-refractivity contribution is 0.0573. The molecule has 2 atom stereocenters. The van der Waals surface area contributed by atoms with Crippen LogP contribution < -0.4 is 0 Å². The molecule has 166 valence electrons. The highest BCUT2D eigenvalue weighted by molar-refractivity contribution is 7.89. The van der Waals surface area contributed by atoms with E-state index in [1.54, 1.807) is 28.6 Å². The molecule has 3 fully saturated rings. The number of piperidine rings is 1. The SMILES string of the molecule is CC1CC(C)CN(S(=O)(=O)c2ccc(C(=O)N3CCN(C4CCCC4)CC3)cc2)C1. The van der Waals surface area contributed by atoms with Crippen LogP contribution in [0.15, 0.2) is 29.2 Å². The zero-order chi connectivity index (χ0) is 21.3. The van der Waals surface area contributed by atoms with Crippen LogP contribution >= 0.6 is 0 Å². The van der Waals surface area contributed by atoms with Gasteiger partial charge in [0.05, 0.1) is 4.90 Å². The Morgan fingerprint density at radius 2 is 1.47 bits per heavy atom. The molecule has 2 saturated heterocycles. The van der Waals surface area contributed by atoms with Crippen molar-refractivity contribution < 1.29 is 13.2 Å². The van der Waals surface area contributed by atoms with E-state index in [4.69, 9.17) is 0 Å². The molecule has 3 aliphatic rings. The van der Waals surface area contributed by atoms with E-state index in [1.165, 1.54) is 25.7 Å². The van der Waals surface area contributed by atoms with E-state index >= 15 is 0 Å². The first-order valence-corrected chi connectivity index (χ1v) is 12.9. The Hall–Kier alpha value is -1.44. The highest BCUT2D eigenvalue weighted by Crippen LogP contribution is 2.27. The summed E-state index contributed by atoms with van der Waals surface area (Å²) < 4.78 is 27.7. The fraction of sp³-hybridized carbons (Fsp3) is 0.696. The standard InChI is InChI=1S/C23H35N3O3S/c1-18-15-19(2)17-26(16-18)30(28,29)22-9-7-20(8-10-22)23(27)25-13-11-24(12-14-25)21-5-3-4-6-21/h7-10,18-19,21H,3-6,11-17H2,1-2H3. The van der Waals surface area contributed by atoms with Crippen LogP contribution in [-0.4, -0.2) is 73.7 Å². The summed E-state index contributed by atoms with van der Waals surface area (Å²) in [5.41, 5.74) is 0.573. The van der Waals surface area contributed by atoms with Crippen molar-refractivity contribution in [1.29, 1.82) is 0 Å². The van der Waals surface area contributed by atoms with Crippen LogP contribution in [0.3, 0.4) is 0 Å². The molecule has 0 aromatic heterocycles. The zero-order valence-electron chi connectivity index (χ0n) is 18.3. The smallest absolute Gasteiger partial charge is 0.253 e. The van der Waals surface area contributed by atoms with Crippen LogP contribution in [0.2, 0.25) is 0 Å². The summed E-state index contributed by atoms with van der Waals surface area (Å²) in [5, 5.41) is 0. The minimum Gasteiger partial charge on any atom is -0.336 e. The van der Waals surface area contributed by atoms with Crippen molar-refractivity contribution in [2.75, 3.05) is 39.3 Å². The van der Waals surface area contributed by atoms with Gasteiger partial charge in [0, 0.05) is 50.9 Å². The lowest BCUT2D eigenvalue weighted by Gasteiger charge is -2.38. The zero-order valence-corrected chi connectivity index (χ0v) is 19.1. The second-order valence-corrected chi connectivity index (χ2v) is 11.5. The molecule has 1 aliphatic carbocycles. The minimum atomic E-state index is -3.51. The van der Waals surface area contributed by atoms with Crippen molar-refractivity contribution >= 4 is 15.9 Å². The van der Waals surface area contributed by atoms with Gasteiger partial charge in [0.1, 0.15) is 0 Å². The molecule has 6 nitrogen and oxygen atoms in total. The van der Waals surface area contributed by atoms with Crippen molar-refractivity contribution in [3.05, 3.63) is 29.8 Å². The third-order valence-electron chi connectivity index (χ3n) is 7.02. The summed E-state index contributed by atoms with van der Waals surface area (Å²) in [4.78, 5) is 17.6. The molecule has 30 heavy (non-hydrogen) atoms. The molecule has 7 heteroatoms. The van der Waals surface area contributed by atoms with Gasteiger partial charge in [-0.05, 0) is 55.4 Å². The highest BCUT2D eigenvalue weighted by Gasteiger charge is 2.32. The molecule has 1 aromatic carbocycles. The average Bonchev–Trinajstić information content (AvgIpc) is 3.28. The molecule has 2 unspecified atom stereocenters. The van der Waals surface area contributed by atoms with Crippen molar-refractivity contribution in [2.45, 2.75) is 56.9 Å². The fourth-order valence-corrected chi connectivity index (χ4v) is 7.14. The molecular weight excluding hydrogens is 398 g/mol. The van der Waals surface area contributed by atoms with E-state index in [1.807, 2.05) is 4.90 Å². The maximum Gasteiger partial charge on any atom is 0.253 e. The molecule has 2 heterocycles. The molecule has 0 bridgehead atoms. The summed E-state index contributed by atoms with van der Waals surface area (Å²) in [5.74, 6) is 0.741. The van der Waals surface area contributed by atoms with Gasteiger partial charge in [-0.2, -0.15) is 4.31 Å². The highest BCUT2D eigenvalue weighted by atomic mass is 32.2. The van der Waals surface area contributed by atoms with E-state index in [2.05, 4.69) is 18.7 Å². The summed E-state index contributed by atoms with van der Waals surface area (Å²) in [6, 6.07) is 7.25. The van der Waals surface area contributed by atoms with Gasteiger partial charge in [0.25, 0.3) is 5.91 Å². The van der Waals surface area contributed by atoms with E-state index in [9.17, 15) is 13.2 Å². The van der Waals surface area contributed by atoms with Crippen molar-refractivity contribution in [3.8, 4) is 0 Å². The van der Waals surface area contributed by atoms with E-state index in [0.717, 1.165) is 32.6 Å². The van der Waals surface area contributed by atoms with Crippen LogP contribution in [0, 0.1) is 11.8 Å². The molecular formula is C23H35N3O3S. The number of hydrogen-bond donors (Lipinski definition) is 0. The first-order chi connectivity index (χ1) is 14.3. The third kappa shape index (κ3) is 4.58. The van der Waals surface area contributed by atoms with Gasteiger partial charge in [-0.15, -0.1) is 0 Å². The minimum absolute atomic E-state index is 0.00485. The number of nitrogens with zero attached hydrogens (tertiary/aromatic N) is 3. The monoisotopic (exact) mass is 433 g/mol. The summed E-state index contributed by atoms with van der Waals surface area (Å²) in [6.07, 6.45) is 6.30. The van der Waals surface area contributed by atoms with Crippen LogP contribution in [0.1, 0.15) is 56.3 Å². The number of amides is 1. The number of hydrogen-bond acceptors (Lipinski definition) is 4. The van der Waals surface area contributed by atoms with Gasteiger partial charge >= 0.3 is 0 Å². The van der Waals surface area contributed by atoms with E-state index in [-0.39, 0.29) is 10.8 Å². The lowest BCUT2D eigenvalue weighted by Crippen LogP contribution is -2.51. The molecule has 2 aliphatic heterocycles. The van der Waals surface area contributed by atoms with Crippen LogP contribution in [0.25, 0.3) is 0 Å². The Morgan fingerprint density at radius 3 is 2.03 bits per heavy atom. The third-order valence-corrected chi connectivity index (χ3v) is 8.86. The Balaban J connectivity index is 1.39. The van der Waals surface area contributed by atoms with Gasteiger partial charge < -0.3 is 4.90 Å². The molecule has 1 amide bonds. The number of benzene rings is 1. The summed E-state index contributed by atoms with van der Waals surface area (Å²) in [6.45, 7) is 8.72. The number of rotatable bonds is 4. The number of carbonyl (C=O) groups is 1. The lowest BCUT2D eigenvalue weighted by atomic mass is 9.94. The summed E-state index contributed by atoms with van der Waals surface area (Å²) >= 11 is 0. The molecule has 0 radical (unpaired) electrons. The molecule has 1 aromatic rings. The van der Waals surface area contributed by atoms with Crippen LogP contribution in [0.5, 0.6) is 0 Å². The van der Waals surface area contributed by atoms with Crippen molar-refractivity contribution in [2.24, 2.45) is 11.8 Å². The van der Waals surface area contributed by atoms with Gasteiger partial charge in [0.15, 0.2) is 0 Å². The largest absolute Gasteiger partial charge is 0.336 e. The predicted octanol–water partition coefficient (Wildman–Crippen LogP) is 3.05. The van der Waals surface area contributed by atoms with E-state index < -0.39 is 10.0 Å². The molecule has 4 rings (SSSR count). The number of piperazine rings is 1. The van der Waals surface area contributed by atoms with Crippen molar-refractivity contribution in [3.63, 3.8) is 0 Å². The number of carbonyl (C=O) groups excluding carboxylic acids is 1. The Morgan fingerprint density at radius 1 is 0.900 bits per heavy atom. The molecule has 0 N–H and O–H groups in total. The Bertz CT molecular complexity index is 831. The maximum atomic E-state index is 13.0. The van der Waals surface area contributed by atoms with Crippen molar-refractivity contribution in [1.82, 2.24) is 14.1 Å². The van der Waals surface area contributed by atoms with Gasteiger partial charge in [0.2, 0.25) is 10.0 Å². The van der Waals surface area contributed by atoms with Crippen LogP contribution in [-0.2, 0) is 10.0 Å². The van der Waals surface area contributed by atoms with Gasteiger partial charge in [-0.3, -0.25) is 9.69 Å².